The van der Waals surface area contributed by atoms with Crippen molar-refractivity contribution in [1.82, 2.24) is 0 Å². The molecule has 6 aliphatic rings. The summed E-state index contributed by atoms with van der Waals surface area (Å²) >= 11 is 0. The molecular formula is C22H30O7. The van der Waals surface area contributed by atoms with Gasteiger partial charge in [0.1, 0.15) is 12.2 Å². The Morgan fingerprint density at radius 1 is 1.34 bits per heavy atom. The number of Topliss-reactive ketones (excluding diaryl/α,β-unsaturated/α-hetero) is 1. The van der Waals surface area contributed by atoms with Crippen molar-refractivity contribution < 1.29 is 34.4 Å². The van der Waals surface area contributed by atoms with Crippen LogP contribution in [0.1, 0.15) is 46.0 Å². The minimum absolute atomic E-state index is 0.131. The minimum Gasteiger partial charge on any atom is -0.462 e. The predicted octanol–water partition coefficient (Wildman–Crippen LogP) is 0.948. The number of ketones is 1. The molecule has 4 saturated carbocycles. The Morgan fingerprint density at radius 3 is 2.72 bits per heavy atom. The van der Waals surface area contributed by atoms with Gasteiger partial charge in [0, 0.05) is 30.8 Å². The molecule has 29 heavy (non-hydrogen) atoms. The van der Waals surface area contributed by atoms with E-state index in [-0.39, 0.29) is 24.9 Å². The molecule has 2 spiro atoms. The molecule has 7 nitrogen and oxygen atoms in total. The number of fused-ring (bicyclic) bond motifs is 2. The lowest BCUT2D eigenvalue weighted by molar-refractivity contribution is -0.446. The van der Waals surface area contributed by atoms with E-state index < -0.39 is 52.0 Å². The predicted molar refractivity (Wildman–Crippen MR) is 100 cm³/mol. The van der Waals surface area contributed by atoms with Crippen molar-refractivity contribution in [3.63, 3.8) is 0 Å². The van der Waals surface area contributed by atoms with Gasteiger partial charge in [-0.05, 0) is 42.6 Å². The smallest absolute Gasteiger partial charge is 0.302 e. The quantitative estimate of drug-likeness (QED) is 0.462. The topological polar surface area (TPSA) is 113 Å². The molecule has 2 heterocycles. The summed E-state index contributed by atoms with van der Waals surface area (Å²) in [7, 11) is 0. The first-order chi connectivity index (χ1) is 13.6. The van der Waals surface area contributed by atoms with Crippen molar-refractivity contribution in [2.24, 2.45) is 34.0 Å². The van der Waals surface area contributed by atoms with E-state index in [4.69, 9.17) is 9.47 Å². The molecule has 0 aromatic heterocycles. The van der Waals surface area contributed by atoms with E-state index in [2.05, 4.69) is 6.58 Å². The molecule has 4 aliphatic carbocycles. The maximum Gasteiger partial charge on any atom is 0.302 e. The lowest BCUT2D eigenvalue weighted by Crippen LogP contribution is -2.83. The third-order valence-electron chi connectivity index (χ3n) is 9.15. The van der Waals surface area contributed by atoms with Crippen LogP contribution in [0.2, 0.25) is 0 Å². The monoisotopic (exact) mass is 406 g/mol. The van der Waals surface area contributed by atoms with Gasteiger partial charge in [-0.15, -0.1) is 0 Å². The molecule has 4 bridgehead atoms. The van der Waals surface area contributed by atoms with Crippen LogP contribution in [0.15, 0.2) is 12.2 Å². The molecule has 0 unspecified atom stereocenters. The van der Waals surface area contributed by atoms with Gasteiger partial charge in [0.2, 0.25) is 5.79 Å². The highest BCUT2D eigenvalue weighted by atomic mass is 16.6. The zero-order valence-electron chi connectivity index (χ0n) is 17.0. The van der Waals surface area contributed by atoms with Gasteiger partial charge in [-0.1, -0.05) is 19.9 Å². The second-order valence-corrected chi connectivity index (χ2v) is 10.4. The molecule has 2 saturated heterocycles. The van der Waals surface area contributed by atoms with E-state index >= 15 is 0 Å². The van der Waals surface area contributed by atoms with Gasteiger partial charge in [-0.2, -0.15) is 0 Å². The van der Waals surface area contributed by atoms with E-state index in [1.165, 1.54) is 6.92 Å². The Labute approximate surface area is 170 Å². The van der Waals surface area contributed by atoms with Crippen molar-refractivity contribution in [3.8, 4) is 0 Å². The summed E-state index contributed by atoms with van der Waals surface area (Å²) in [5.41, 5.74) is -2.22. The van der Waals surface area contributed by atoms with E-state index in [0.717, 1.165) is 6.42 Å². The van der Waals surface area contributed by atoms with E-state index in [1.54, 1.807) is 0 Å². The summed E-state index contributed by atoms with van der Waals surface area (Å²) < 4.78 is 11.7. The lowest BCUT2D eigenvalue weighted by atomic mass is 9.36. The van der Waals surface area contributed by atoms with Crippen LogP contribution in [-0.4, -0.2) is 58.3 Å². The van der Waals surface area contributed by atoms with Gasteiger partial charge >= 0.3 is 5.97 Å². The van der Waals surface area contributed by atoms with Gasteiger partial charge in [0.25, 0.3) is 0 Å². The van der Waals surface area contributed by atoms with Gasteiger partial charge < -0.3 is 24.8 Å². The highest BCUT2D eigenvalue weighted by Crippen LogP contribution is 2.76. The molecule has 7 heteroatoms. The first-order valence-corrected chi connectivity index (χ1v) is 10.6. The molecular weight excluding hydrogens is 376 g/mol. The Balaban J connectivity index is 1.76. The van der Waals surface area contributed by atoms with Crippen molar-refractivity contribution >= 4 is 11.8 Å². The van der Waals surface area contributed by atoms with Gasteiger partial charge in [0.15, 0.2) is 5.78 Å². The molecule has 0 amide bonds. The van der Waals surface area contributed by atoms with Gasteiger partial charge in [0.05, 0.1) is 12.0 Å². The summed E-state index contributed by atoms with van der Waals surface area (Å²) in [6.07, 6.45) is 1.19. The van der Waals surface area contributed by atoms with Crippen LogP contribution in [0.4, 0.5) is 0 Å². The molecule has 9 atom stereocenters. The first kappa shape index (κ1) is 19.7. The summed E-state index contributed by atoms with van der Waals surface area (Å²) in [4.78, 5) is 25.5. The van der Waals surface area contributed by atoms with Crippen LogP contribution in [-0.2, 0) is 19.1 Å². The molecule has 3 N–H and O–H groups in total. The molecule has 0 aromatic rings. The standard InChI is InChI=1S/C22H30O7/c1-11-13-7-14(29-12(2)24)15-20-6-4-5-19(3,9-23)16(20)18(26)22(27,28-10-20)21(15,8-13)17(11)25/h13-16,18,23,26-27H,1,4-10H2,2-3H3/t13-,14-,15+,16-,18+,19-,20-,21+,22-/m1/s1. The van der Waals surface area contributed by atoms with Crippen LogP contribution in [0, 0.1) is 34.0 Å². The first-order valence-electron chi connectivity index (χ1n) is 10.6. The fourth-order valence-electron chi connectivity index (χ4n) is 8.27. The number of hydrogen-bond acceptors (Lipinski definition) is 7. The minimum atomic E-state index is -2.08. The third kappa shape index (κ3) is 1.98. The maximum absolute atomic E-state index is 13.6. The second-order valence-electron chi connectivity index (χ2n) is 10.4. The number of aliphatic hydroxyl groups excluding tert-OH is 2. The average molecular weight is 406 g/mol. The molecule has 6 rings (SSSR count). The zero-order valence-corrected chi connectivity index (χ0v) is 17.0. The Morgan fingerprint density at radius 2 is 2.07 bits per heavy atom. The van der Waals surface area contributed by atoms with Crippen molar-refractivity contribution in [2.75, 3.05) is 13.2 Å². The zero-order chi connectivity index (χ0) is 21.0. The van der Waals surface area contributed by atoms with Crippen LogP contribution in [0.25, 0.3) is 0 Å². The van der Waals surface area contributed by atoms with E-state index in [9.17, 15) is 24.9 Å². The number of allylic oxidation sites excluding steroid dienone is 1. The van der Waals surface area contributed by atoms with E-state index in [0.29, 0.717) is 31.3 Å². The second kappa shape index (κ2) is 5.69. The molecule has 6 fully saturated rings. The number of rotatable bonds is 2. The third-order valence-corrected chi connectivity index (χ3v) is 9.15. The Kier molecular flexibility index (Phi) is 3.86. The Bertz CT molecular complexity index is 809. The lowest BCUT2D eigenvalue weighted by Gasteiger charge is -2.74. The summed E-state index contributed by atoms with van der Waals surface area (Å²) in [6, 6.07) is 0. The van der Waals surface area contributed by atoms with Crippen LogP contribution in [0.3, 0.4) is 0 Å². The number of carbonyl (C=O) groups is 2. The number of hydrogen-bond donors (Lipinski definition) is 3. The van der Waals surface area contributed by atoms with Crippen LogP contribution < -0.4 is 0 Å². The number of esters is 1. The maximum atomic E-state index is 13.6. The summed E-state index contributed by atoms with van der Waals surface area (Å²) in [6.45, 7) is 7.32. The van der Waals surface area contributed by atoms with Crippen molar-refractivity contribution in [1.29, 1.82) is 0 Å². The van der Waals surface area contributed by atoms with Crippen molar-refractivity contribution in [3.05, 3.63) is 12.2 Å². The van der Waals surface area contributed by atoms with Crippen molar-refractivity contribution in [2.45, 2.75) is 63.9 Å². The molecule has 0 radical (unpaired) electrons. The highest BCUT2D eigenvalue weighted by molar-refractivity contribution is 6.04. The van der Waals surface area contributed by atoms with Gasteiger partial charge in [-0.3, -0.25) is 9.59 Å². The number of ether oxygens (including phenoxy) is 2. The molecule has 2 aliphatic heterocycles. The number of aliphatic hydroxyl groups is 3. The largest absolute Gasteiger partial charge is 0.462 e. The summed E-state index contributed by atoms with van der Waals surface area (Å²) in [5.74, 6) is -3.90. The highest BCUT2D eigenvalue weighted by Gasteiger charge is 2.85. The fraction of sp³-hybridized carbons (Fsp3) is 0.818. The van der Waals surface area contributed by atoms with Gasteiger partial charge in [-0.25, -0.2) is 0 Å². The van der Waals surface area contributed by atoms with E-state index in [1.807, 2.05) is 6.92 Å². The SMILES string of the molecule is C=C1C(=O)[C@]23C[C@H]1C[C@@H](OC(C)=O)[C@H]2[C@]12CCC[C@](C)(CO)[C@H]1[C@H](O)[C@@]3(O)OC2. The fourth-order valence-corrected chi connectivity index (χ4v) is 8.27. The average Bonchev–Trinajstić information content (AvgIpc) is 2.85. The summed E-state index contributed by atoms with van der Waals surface area (Å²) in [5, 5.41) is 33.5. The number of carbonyl (C=O) groups excluding carboxylic acids is 2. The molecule has 0 aromatic carbocycles. The molecule has 160 valence electrons. The van der Waals surface area contributed by atoms with Crippen LogP contribution >= 0.6 is 0 Å². The van der Waals surface area contributed by atoms with Crippen LogP contribution in [0.5, 0.6) is 0 Å². The Hall–Kier alpha value is -1.28. The normalized spacial score (nSPS) is 55.4.